The topological polar surface area (TPSA) is 74.6 Å². The molecule has 0 heterocycles. The number of hydrogen-bond acceptors (Lipinski definition) is 2. The van der Waals surface area contributed by atoms with Gasteiger partial charge in [-0.1, -0.05) is 23.7 Å². The summed E-state index contributed by atoms with van der Waals surface area (Å²) in [5, 5.41) is 16.9. The lowest BCUT2D eigenvalue weighted by Gasteiger charge is -2.16. The van der Waals surface area contributed by atoms with E-state index in [4.69, 9.17) is 21.8 Å². The number of alkyl halides is 3. The molecule has 0 fully saturated rings. The highest BCUT2D eigenvalue weighted by atomic mass is 35.5. The Balaban J connectivity index is 3.10. The van der Waals surface area contributed by atoms with Gasteiger partial charge < -0.3 is 10.2 Å². The zero-order valence-corrected chi connectivity index (χ0v) is 10.8. The monoisotopic (exact) mass is 318 g/mol. The fourth-order valence-corrected chi connectivity index (χ4v) is 2.41. The molecule has 0 atom stereocenters. The van der Waals surface area contributed by atoms with Gasteiger partial charge >= 0.3 is 18.1 Å². The third kappa shape index (κ3) is 2.52. The molecule has 0 radical (unpaired) electrons. The first-order valence-electron chi connectivity index (χ1n) is 5.43. The molecule has 0 bridgehead atoms. The fraction of sp³-hybridized carbons (Fsp3) is 0.0769. The molecule has 0 saturated heterocycles. The van der Waals surface area contributed by atoms with Gasteiger partial charge in [-0.15, -0.1) is 0 Å². The van der Waals surface area contributed by atoms with Crippen molar-refractivity contribution in [3.8, 4) is 0 Å². The Morgan fingerprint density at radius 3 is 2.19 bits per heavy atom. The zero-order valence-electron chi connectivity index (χ0n) is 10.0. The Bertz CT molecular complexity index is 768. The van der Waals surface area contributed by atoms with Gasteiger partial charge in [0.2, 0.25) is 0 Å². The molecule has 0 aromatic heterocycles. The van der Waals surface area contributed by atoms with Crippen molar-refractivity contribution in [1.29, 1.82) is 0 Å². The van der Waals surface area contributed by atoms with Crippen molar-refractivity contribution >= 4 is 34.3 Å². The van der Waals surface area contributed by atoms with Crippen LogP contribution in [0.25, 0.3) is 10.8 Å². The molecule has 0 unspecified atom stereocenters. The molecule has 2 aromatic carbocycles. The number of benzene rings is 2. The third-order valence-electron chi connectivity index (χ3n) is 2.85. The van der Waals surface area contributed by atoms with Gasteiger partial charge in [0, 0.05) is 5.39 Å². The first kappa shape index (κ1) is 15.1. The number of carboxylic acids is 2. The lowest BCUT2D eigenvalue weighted by atomic mass is 9.94. The van der Waals surface area contributed by atoms with Crippen LogP contribution in [0.2, 0.25) is 5.02 Å². The number of hydrogen-bond donors (Lipinski definition) is 2. The van der Waals surface area contributed by atoms with Crippen molar-refractivity contribution < 1.29 is 33.0 Å². The second-order valence-corrected chi connectivity index (χ2v) is 4.53. The highest BCUT2D eigenvalue weighted by Gasteiger charge is 2.39. The Morgan fingerprint density at radius 1 is 1.10 bits per heavy atom. The van der Waals surface area contributed by atoms with Crippen LogP contribution in [0.4, 0.5) is 13.2 Å². The van der Waals surface area contributed by atoms with Crippen LogP contribution in [0, 0.1) is 0 Å². The number of carbonyl (C=O) groups is 2. The van der Waals surface area contributed by atoms with Crippen molar-refractivity contribution in [3.05, 3.63) is 46.0 Å². The van der Waals surface area contributed by atoms with Crippen LogP contribution in [-0.4, -0.2) is 22.2 Å². The minimum Gasteiger partial charge on any atom is -0.478 e. The molecule has 0 amide bonds. The molecule has 0 aliphatic heterocycles. The van der Waals surface area contributed by atoms with Crippen LogP contribution in [0.5, 0.6) is 0 Å². The van der Waals surface area contributed by atoms with Crippen molar-refractivity contribution in [2.75, 3.05) is 0 Å². The minimum atomic E-state index is -5.02. The zero-order chi connectivity index (χ0) is 15.9. The van der Waals surface area contributed by atoms with Gasteiger partial charge in [-0.3, -0.25) is 0 Å². The summed E-state index contributed by atoms with van der Waals surface area (Å²) in [6, 6.07) is 4.52. The van der Waals surface area contributed by atoms with Gasteiger partial charge in [0.1, 0.15) is 0 Å². The number of aromatic carboxylic acids is 2. The van der Waals surface area contributed by atoms with Crippen LogP contribution in [0.15, 0.2) is 24.3 Å². The maximum absolute atomic E-state index is 13.0. The Kier molecular flexibility index (Phi) is 3.54. The first-order valence-corrected chi connectivity index (χ1v) is 5.81. The summed E-state index contributed by atoms with van der Waals surface area (Å²) in [5.74, 6) is -3.43. The molecule has 2 aromatic rings. The van der Waals surface area contributed by atoms with E-state index in [0.29, 0.717) is 0 Å². The molecule has 110 valence electrons. The Morgan fingerprint density at radius 2 is 1.71 bits per heavy atom. The number of halogens is 4. The Hall–Kier alpha value is -2.28. The van der Waals surface area contributed by atoms with E-state index in [1.54, 1.807) is 0 Å². The highest BCUT2D eigenvalue weighted by Crippen LogP contribution is 2.41. The molecular formula is C13H6ClF3O4. The molecular weight excluding hydrogens is 313 g/mol. The molecule has 8 heteroatoms. The molecule has 2 rings (SSSR count). The minimum absolute atomic E-state index is 0.00491. The summed E-state index contributed by atoms with van der Waals surface area (Å²) in [6.07, 6.45) is -5.02. The number of rotatable bonds is 2. The normalized spacial score (nSPS) is 11.6. The van der Waals surface area contributed by atoms with Gasteiger partial charge in [-0.25, -0.2) is 9.59 Å². The molecule has 0 aliphatic rings. The van der Waals surface area contributed by atoms with E-state index in [9.17, 15) is 22.8 Å². The Labute approximate surface area is 120 Å². The number of carboxylic acid groups (broad SMARTS) is 2. The van der Waals surface area contributed by atoms with Gasteiger partial charge in [-0.05, 0) is 17.5 Å². The van der Waals surface area contributed by atoms with Crippen molar-refractivity contribution in [3.63, 3.8) is 0 Å². The summed E-state index contributed by atoms with van der Waals surface area (Å²) < 4.78 is 39.1. The van der Waals surface area contributed by atoms with Gasteiger partial charge in [0.05, 0.1) is 21.7 Å². The SMILES string of the molecule is O=C(O)c1cccc2cc(Cl)c(C(F)(F)F)c(C(=O)O)c12. The largest absolute Gasteiger partial charge is 0.478 e. The van der Waals surface area contributed by atoms with Gasteiger partial charge in [-0.2, -0.15) is 13.2 Å². The molecule has 0 spiro atoms. The molecule has 0 aliphatic carbocycles. The predicted octanol–water partition coefficient (Wildman–Crippen LogP) is 3.91. The van der Waals surface area contributed by atoms with Crippen molar-refractivity contribution in [2.24, 2.45) is 0 Å². The smallest absolute Gasteiger partial charge is 0.418 e. The summed E-state index contributed by atoms with van der Waals surface area (Å²) in [6.45, 7) is 0. The molecule has 0 saturated carbocycles. The highest BCUT2D eigenvalue weighted by molar-refractivity contribution is 6.33. The van der Waals surface area contributed by atoms with Crippen molar-refractivity contribution in [1.82, 2.24) is 0 Å². The van der Waals surface area contributed by atoms with E-state index in [-0.39, 0.29) is 5.39 Å². The number of fused-ring (bicyclic) bond motifs is 1. The van der Waals surface area contributed by atoms with E-state index in [0.717, 1.165) is 12.1 Å². The fourth-order valence-electron chi connectivity index (χ4n) is 2.09. The maximum atomic E-state index is 13.0. The summed E-state index contributed by atoms with van der Waals surface area (Å²) >= 11 is 5.54. The molecule has 21 heavy (non-hydrogen) atoms. The summed E-state index contributed by atoms with van der Waals surface area (Å²) in [7, 11) is 0. The van der Waals surface area contributed by atoms with E-state index in [1.165, 1.54) is 12.1 Å². The van der Waals surface area contributed by atoms with Crippen LogP contribution >= 0.6 is 11.6 Å². The quantitative estimate of drug-likeness (QED) is 0.880. The van der Waals surface area contributed by atoms with Crippen LogP contribution in [0.1, 0.15) is 26.3 Å². The predicted molar refractivity (Wildman–Crippen MR) is 67.9 cm³/mol. The van der Waals surface area contributed by atoms with Crippen LogP contribution < -0.4 is 0 Å². The average molecular weight is 319 g/mol. The lowest BCUT2D eigenvalue weighted by Crippen LogP contribution is -2.15. The maximum Gasteiger partial charge on any atom is 0.418 e. The van der Waals surface area contributed by atoms with E-state index < -0.39 is 45.2 Å². The second kappa shape index (κ2) is 4.92. The lowest BCUT2D eigenvalue weighted by molar-refractivity contribution is -0.137. The average Bonchev–Trinajstić information content (AvgIpc) is 2.34. The standard InChI is InChI=1S/C13H6ClF3O4/c14-7-4-5-2-1-3-6(11(18)19)8(5)9(12(20)21)10(7)13(15,16)17/h1-4H,(H,18,19)(H,20,21). The van der Waals surface area contributed by atoms with E-state index >= 15 is 0 Å². The summed E-state index contributed by atoms with van der Waals surface area (Å²) in [5.41, 5.74) is -3.26. The molecule has 4 nitrogen and oxygen atoms in total. The second-order valence-electron chi connectivity index (χ2n) is 4.12. The summed E-state index contributed by atoms with van der Waals surface area (Å²) in [4.78, 5) is 22.4. The van der Waals surface area contributed by atoms with Crippen LogP contribution in [0.3, 0.4) is 0 Å². The van der Waals surface area contributed by atoms with Crippen molar-refractivity contribution in [2.45, 2.75) is 6.18 Å². The van der Waals surface area contributed by atoms with Gasteiger partial charge in [0.15, 0.2) is 0 Å². The third-order valence-corrected chi connectivity index (χ3v) is 3.14. The first-order chi connectivity index (χ1) is 9.64. The molecule has 2 N–H and O–H groups in total. The van der Waals surface area contributed by atoms with E-state index in [1.807, 2.05) is 0 Å². The van der Waals surface area contributed by atoms with Crippen LogP contribution in [-0.2, 0) is 6.18 Å². The van der Waals surface area contributed by atoms with Gasteiger partial charge in [0.25, 0.3) is 0 Å². The van der Waals surface area contributed by atoms with E-state index in [2.05, 4.69) is 0 Å².